The maximum Gasteiger partial charge on any atom is 0.335 e. The third kappa shape index (κ3) is 3.81. The molecule has 0 aliphatic carbocycles. The summed E-state index contributed by atoms with van der Waals surface area (Å²) in [5, 5.41) is 2.19. The van der Waals surface area contributed by atoms with Crippen LogP contribution in [0, 0.1) is 0 Å². The zero-order valence-corrected chi connectivity index (χ0v) is 18.0. The van der Waals surface area contributed by atoms with Gasteiger partial charge >= 0.3 is 6.03 Å². The third-order valence-electron chi connectivity index (χ3n) is 3.95. The van der Waals surface area contributed by atoms with Gasteiger partial charge in [-0.15, -0.1) is 0 Å². The molecule has 0 unspecified atom stereocenters. The van der Waals surface area contributed by atoms with Crippen molar-refractivity contribution in [1.29, 1.82) is 0 Å². The molecule has 1 fully saturated rings. The molecule has 9 heteroatoms. The molecule has 1 heterocycles. The van der Waals surface area contributed by atoms with Gasteiger partial charge in [0.05, 0.1) is 24.4 Å². The number of urea groups is 1. The molecule has 0 radical (unpaired) electrons. The molecule has 144 valence electrons. The molecule has 7 nitrogen and oxygen atoms in total. The first kappa shape index (κ1) is 20.1. The average Bonchev–Trinajstić information content (AvgIpc) is 2.65. The molecular weight excluding hydrogens is 496 g/mol. The molecule has 0 atom stereocenters. The van der Waals surface area contributed by atoms with Crippen LogP contribution in [-0.4, -0.2) is 32.1 Å². The Morgan fingerprint density at radius 2 is 1.79 bits per heavy atom. The highest BCUT2D eigenvalue weighted by Gasteiger charge is 2.37. The van der Waals surface area contributed by atoms with E-state index < -0.39 is 17.8 Å². The number of anilines is 1. The first-order chi connectivity index (χ1) is 13.3. The van der Waals surface area contributed by atoms with E-state index in [0.29, 0.717) is 21.5 Å². The van der Waals surface area contributed by atoms with Gasteiger partial charge < -0.3 is 9.47 Å². The highest BCUT2D eigenvalue weighted by Crippen LogP contribution is 2.35. The lowest BCUT2D eigenvalue weighted by Gasteiger charge is -2.26. The van der Waals surface area contributed by atoms with Gasteiger partial charge in [-0.25, -0.2) is 9.69 Å². The van der Waals surface area contributed by atoms with Gasteiger partial charge in [0.1, 0.15) is 17.1 Å². The summed E-state index contributed by atoms with van der Waals surface area (Å²) in [6, 6.07) is 9.07. The molecule has 28 heavy (non-hydrogen) atoms. The Morgan fingerprint density at radius 3 is 2.46 bits per heavy atom. The molecule has 1 N–H and O–H groups in total. The second-order valence-corrected chi connectivity index (χ2v) is 7.44. The molecule has 1 saturated heterocycles. The van der Waals surface area contributed by atoms with Crippen molar-refractivity contribution in [2.45, 2.75) is 0 Å². The van der Waals surface area contributed by atoms with Gasteiger partial charge in [0.25, 0.3) is 11.8 Å². The topological polar surface area (TPSA) is 84.9 Å². The number of ether oxygens (including phenoxy) is 2. The van der Waals surface area contributed by atoms with Crippen molar-refractivity contribution in [3.63, 3.8) is 0 Å². The van der Waals surface area contributed by atoms with Crippen molar-refractivity contribution in [3.05, 3.63) is 56.5 Å². The maximum atomic E-state index is 13.0. The van der Waals surface area contributed by atoms with Crippen LogP contribution in [0.25, 0.3) is 6.08 Å². The lowest BCUT2D eigenvalue weighted by Crippen LogP contribution is -2.54. The van der Waals surface area contributed by atoms with Crippen molar-refractivity contribution >= 4 is 61.5 Å². The van der Waals surface area contributed by atoms with Crippen LogP contribution in [-0.2, 0) is 9.59 Å². The number of carbonyl (C=O) groups excluding carboxylic acids is 3. The predicted octanol–water partition coefficient (Wildman–Crippen LogP) is 3.90. The molecule has 0 saturated carbocycles. The molecular formula is C19H14Br2N2O5. The van der Waals surface area contributed by atoms with E-state index in [9.17, 15) is 14.4 Å². The van der Waals surface area contributed by atoms with Crippen LogP contribution in [0.15, 0.2) is 50.9 Å². The van der Waals surface area contributed by atoms with Gasteiger partial charge in [0, 0.05) is 16.1 Å². The van der Waals surface area contributed by atoms with E-state index in [2.05, 4.69) is 37.2 Å². The summed E-state index contributed by atoms with van der Waals surface area (Å²) in [5.74, 6) is -0.619. The normalized spacial score (nSPS) is 15.6. The number of hydrogen-bond donors (Lipinski definition) is 1. The Bertz CT molecular complexity index is 1020. The quantitative estimate of drug-likeness (QED) is 0.499. The summed E-state index contributed by atoms with van der Waals surface area (Å²) in [4.78, 5) is 38.5. The number of nitrogens with one attached hydrogen (secondary N) is 1. The molecule has 4 amide bonds. The second-order valence-electron chi connectivity index (χ2n) is 5.67. The molecule has 2 aromatic rings. The lowest BCUT2D eigenvalue weighted by atomic mass is 10.1. The van der Waals surface area contributed by atoms with Gasteiger partial charge in [0.15, 0.2) is 0 Å². The zero-order chi connectivity index (χ0) is 20.4. The Kier molecular flexibility index (Phi) is 5.85. The Morgan fingerprint density at radius 1 is 1.04 bits per heavy atom. The molecule has 0 aromatic heterocycles. The van der Waals surface area contributed by atoms with Crippen LogP contribution >= 0.6 is 31.9 Å². The summed E-state index contributed by atoms with van der Waals surface area (Å²) in [6.45, 7) is 0. The van der Waals surface area contributed by atoms with Gasteiger partial charge in [-0.1, -0.05) is 22.0 Å². The molecule has 3 rings (SSSR count). The van der Waals surface area contributed by atoms with Crippen molar-refractivity contribution in [2.75, 3.05) is 19.1 Å². The van der Waals surface area contributed by atoms with Crippen molar-refractivity contribution in [3.8, 4) is 11.5 Å². The summed E-state index contributed by atoms with van der Waals surface area (Å²) < 4.78 is 11.9. The van der Waals surface area contributed by atoms with E-state index >= 15 is 0 Å². The van der Waals surface area contributed by atoms with E-state index in [1.807, 2.05) is 0 Å². The fourth-order valence-electron chi connectivity index (χ4n) is 2.70. The molecule has 1 aliphatic heterocycles. The SMILES string of the molecule is COc1cccc(N2C(=O)NC(=O)/C(=C\c3cc(Br)cc(Br)c3OC)C2=O)c1. The fourth-order valence-corrected chi connectivity index (χ4v) is 4.12. The van der Waals surface area contributed by atoms with E-state index in [1.165, 1.54) is 26.4 Å². The number of methoxy groups -OCH3 is 2. The highest BCUT2D eigenvalue weighted by atomic mass is 79.9. The third-order valence-corrected chi connectivity index (χ3v) is 5.00. The maximum absolute atomic E-state index is 13.0. The number of nitrogens with zero attached hydrogens (tertiary/aromatic N) is 1. The minimum absolute atomic E-state index is 0.203. The highest BCUT2D eigenvalue weighted by molar-refractivity contribution is 9.11. The summed E-state index contributed by atoms with van der Waals surface area (Å²) in [7, 11) is 2.95. The minimum Gasteiger partial charge on any atom is -0.497 e. The molecule has 0 bridgehead atoms. The Hall–Kier alpha value is -2.65. The summed E-state index contributed by atoms with van der Waals surface area (Å²) >= 11 is 6.75. The van der Waals surface area contributed by atoms with Gasteiger partial charge in [-0.2, -0.15) is 0 Å². The van der Waals surface area contributed by atoms with Crippen LogP contribution in [0.3, 0.4) is 0 Å². The molecule has 2 aromatic carbocycles. The van der Waals surface area contributed by atoms with E-state index in [0.717, 1.165) is 9.37 Å². The first-order valence-electron chi connectivity index (χ1n) is 7.94. The van der Waals surface area contributed by atoms with Crippen LogP contribution in [0.5, 0.6) is 11.5 Å². The zero-order valence-electron chi connectivity index (χ0n) is 14.8. The number of hydrogen-bond acceptors (Lipinski definition) is 5. The number of amides is 4. The second kappa shape index (κ2) is 8.15. The number of barbiturate groups is 1. The largest absolute Gasteiger partial charge is 0.497 e. The number of rotatable bonds is 4. The Balaban J connectivity index is 2.09. The van der Waals surface area contributed by atoms with Crippen LogP contribution in [0.1, 0.15) is 5.56 Å². The first-order valence-corrected chi connectivity index (χ1v) is 9.53. The summed E-state index contributed by atoms with van der Waals surface area (Å²) in [5.41, 5.74) is 0.565. The van der Waals surface area contributed by atoms with Crippen molar-refractivity contribution in [1.82, 2.24) is 5.32 Å². The number of benzene rings is 2. The van der Waals surface area contributed by atoms with E-state index in [4.69, 9.17) is 9.47 Å². The van der Waals surface area contributed by atoms with Crippen LogP contribution < -0.4 is 19.7 Å². The average molecular weight is 510 g/mol. The monoisotopic (exact) mass is 508 g/mol. The number of carbonyl (C=O) groups is 3. The van der Waals surface area contributed by atoms with Gasteiger partial charge in [0.2, 0.25) is 0 Å². The van der Waals surface area contributed by atoms with Crippen molar-refractivity contribution in [2.24, 2.45) is 0 Å². The van der Waals surface area contributed by atoms with E-state index in [1.54, 1.807) is 30.3 Å². The number of halogens is 2. The fraction of sp³-hybridized carbons (Fsp3) is 0.105. The standard InChI is InChI=1S/C19H14Br2N2O5/c1-27-13-5-3-4-12(9-13)23-18(25)14(17(24)22-19(23)26)7-10-6-11(20)8-15(21)16(10)28-2/h3-9H,1-2H3,(H,22,24,26)/b14-7+. The summed E-state index contributed by atoms with van der Waals surface area (Å²) in [6.07, 6.45) is 1.38. The molecule has 0 spiro atoms. The number of imide groups is 2. The van der Waals surface area contributed by atoms with Crippen LogP contribution in [0.4, 0.5) is 10.5 Å². The van der Waals surface area contributed by atoms with Gasteiger partial charge in [-0.05, 0) is 46.3 Å². The van der Waals surface area contributed by atoms with E-state index in [-0.39, 0.29) is 11.3 Å². The lowest BCUT2D eigenvalue weighted by molar-refractivity contribution is -0.122. The smallest absolute Gasteiger partial charge is 0.335 e. The van der Waals surface area contributed by atoms with Gasteiger partial charge in [-0.3, -0.25) is 14.9 Å². The van der Waals surface area contributed by atoms with Crippen LogP contribution in [0.2, 0.25) is 0 Å². The molecule has 1 aliphatic rings. The van der Waals surface area contributed by atoms with Crippen molar-refractivity contribution < 1.29 is 23.9 Å². The minimum atomic E-state index is -0.831. The Labute approximate surface area is 177 Å². The predicted molar refractivity (Wildman–Crippen MR) is 110 cm³/mol.